The minimum absolute atomic E-state index is 1.20. The van der Waals surface area contributed by atoms with E-state index in [4.69, 9.17) is 0 Å². The molecular formula is C19H22. The van der Waals surface area contributed by atoms with Gasteiger partial charge in [0.2, 0.25) is 0 Å². The van der Waals surface area contributed by atoms with E-state index in [1.807, 2.05) is 0 Å². The highest BCUT2D eigenvalue weighted by Crippen LogP contribution is 2.33. The summed E-state index contributed by atoms with van der Waals surface area (Å²) < 4.78 is 0. The molecule has 1 aliphatic carbocycles. The SMILES string of the molecule is CCCCCc1ccc2c(c1)CCc1ccccc1-2. The number of aryl methyl sites for hydroxylation is 3. The molecule has 98 valence electrons. The van der Waals surface area contributed by atoms with Gasteiger partial charge in [0.1, 0.15) is 0 Å². The number of rotatable bonds is 4. The summed E-state index contributed by atoms with van der Waals surface area (Å²) in [5.41, 5.74) is 7.48. The van der Waals surface area contributed by atoms with Gasteiger partial charge in [-0.2, -0.15) is 0 Å². The van der Waals surface area contributed by atoms with E-state index in [1.165, 1.54) is 60.8 Å². The van der Waals surface area contributed by atoms with Gasteiger partial charge in [-0.1, -0.05) is 62.2 Å². The van der Waals surface area contributed by atoms with E-state index >= 15 is 0 Å². The third-order valence-corrected chi connectivity index (χ3v) is 4.21. The number of unbranched alkanes of at least 4 members (excludes halogenated alkanes) is 2. The second kappa shape index (κ2) is 5.61. The summed E-state index contributed by atoms with van der Waals surface area (Å²) in [6, 6.07) is 16.0. The van der Waals surface area contributed by atoms with Crippen molar-refractivity contribution in [1.82, 2.24) is 0 Å². The molecule has 1 aliphatic rings. The van der Waals surface area contributed by atoms with E-state index in [1.54, 1.807) is 5.56 Å². The number of hydrogen-bond acceptors (Lipinski definition) is 0. The lowest BCUT2D eigenvalue weighted by Crippen LogP contribution is -2.04. The summed E-state index contributed by atoms with van der Waals surface area (Å²) >= 11 is 0. The number of benzene rings is 2. The lowest BCUT2D eigenvalue weighted by molar-refractivity contribution is 0.716. The standard InChI is InChI=1S/C19H22/c1-2-3-4-7-15-10-13-19-17(14-15)12-11-16-8-5-6-9-18(16)19/h5-6,8-10,13-14H,2-4,7,11-12H2,1H3. The van der Waals surface area contributed by atoms with Crippen LogP contribution in [0.1, 0.15) is 42.9 Å². The summed E-state index contributed by atoms with van der Waals surface area (Å²) in [6.45, 7) is 2.27. The van der Waals surface area contributed by atoms with E-state index < -0.39 is 0 Å². The molecule has 0 aliphatic heterocycles. The Labute approximate surface area is 116 Å². The van der Waals surface area contributed by atoms with Gasteiger partial charge in [-0.05, 0) is 53.5 Å². The molecule has 0 spiro atoms. The third kappa shape index (κ3) is 2.58. The van der Waals surface area contributed by atoms with Crippen LogP contribution in [0.3, 0.4) is 0 Å². The first kappa shape index (κ1) is 12.5. The molecule has 0 bridgehead atoms. The molecule has 0 N–H and O–H groups in total. The highest BCUT2D eigenvalue weighted by atomic mass is 14.2. The van der Waals surface area contributed by atoms with Crippen LogP contribution in [0.5, 0.6) is 0 Å². The van der Waals surface area contributed by atoms with E-state index in [9.17, 15) is 0 Å². The molecule has 0 fully saturated rings. The summed E-state index contributed by atoms with van der Waals surface area (Å²) in [7, 11) is 0. The van der Waals surface area contributed by atoms with Gasteiger partial charge in [0.05, 0.1) is 0 Å². The van der Waals surface area contributed by atoms with Gasteiger partial charge in [0, 0.05) is 0 Å². The van der Waals surface area contributed by atoms with Crippen LogP contribution in [0, 0.1) is 0 Å². The van der Waals surface area contributed by atoms with Gasteiger partial charge in [0.25, 0.3) is 0 Å². The largest absolute Gasteiger partial charge is 0.0654 e. The fourth-order valence-electron chi connectivity index (χ4n) is 3.12. The predicted octanol–water partition coefficient (Wildman–Crippen LogP) is 5.18. The molecule has 0 heterocycles. The summed E-state index contributed by atoms with van der Waals surface area (Å²) in [4.78, 5) is 0. The van der Waals surface area contributed by atoms with Crippen LogP contribution in [0.15, 0.2) is 42.5 Å². The van der Waals surface area contributed by atoms with Gasteiger partial charge in [-0.3, -0.25) is 0 Å². The van der Waals surface area contributed by atoms with Crippen molar-refractivity contribution in [2.75, 3.05) is 0 Å². The quantitative estimate of drug-likeness (QED) is 0.655. The molecule has 0 atom stereocenters. The van der Waals surface area contributed by atoms with E-state index in [0.717, 1.165) is 0 Å². The molecule has 19 heavy (non-hydrogen) atoms. The Hall–Kier alpha value is -1.56. The van der Waals surface area contributed by atoms with Crippen molar-refractivity contribution >= 4 is 0 Å². The Balaban J connectivity index is 1.87. The number of hydrogen-bond donors (Lipinski definition) is 0. The van der Waals surface area contributed by atoms with Crippen molar-refractivity contribution in [2.24, 2.45) is 0 Å². The van der Waals surface area contributed by atoms with Gasteiger partial charge in [-0.25, -0.2) is 0 Å². The van der Waals surface area contributed by atoms with Crippen molar-refractivity contribution in [3.8, 4) is 11.1 Å². The summed E-state index contributed by atoms with van der Waals surface area (Å²) in [6.07, 6.45) is 7.61. The fraction of sp³-hybridized carbons (Fsp3) is 0.368. The maximum absolute atomic E-state index is 2.45. The van der Waals surface area contributed by atoms with Crippen LogP contribution in [0.25, 0.3) is 11.1 Å². The maximum atomic E-state index is 2.45. The Kier molecular flexibility index (Phi) is 3.68. The predicted molar refractivity (Wildman–Crippen MR) is 82.5 cm³/mol. The first-order valence-electron chi connectivity index (χ1n) is 7.58. The van der Waals surface area contributed by atoms with E-state index in [2.05, 4.69) is 49.4 Å². The summed E-state index contributed by atoms with van der Waals surface area (Å²) in [5, 5.41) is 0. The van der Waals surface area contributed by atoms with Crippen molar-refractivity contribution in [1.29, 1.82) is 0 Å². The average molecular weight is 250 g/mol. The molecule has 0 saturated carbocycles. The van der Waals surface area contributed by atoms with Crippen molar-refractivity contribution in [3.63, 3.8) is 0 Å². The minimum Gasteiger partial charge on any atom is -0.0654 e. The Morgan fingerprint density at radius 1 is 0.842 bits per heavy atom. The van der Waals surface area contributed by atoms with Crippen LogP contribution in [0.4, 0.5) is 0 Å². The first-order chi connectivity index (χ1) is 9.38. The van der Waals surface area contributed by atoms with Crippen LogP contribution in [0.2, 0.25) is 0 Å². The van der Waals surface area contributed by atoms with Crippen molar-refractivity contribution < 1.29 is 0 Å². The van der Waals surface area contributed by atoms with Crippen molar-refractivity contribution in [3.05, 3.63) is 59.2 Å². The smallest absolute Gasteiger partial charge is 0.0149 e. The molecule has 2 aromatic carbocycles. The molecule has 0 aromatic heterocycles. The molecule has 2 aromatic rings. The molecule has 0 nitrogen and oxygen atoms in total. The highest BCUT2D eigenvalue weighted by molar-refractivity contribution is 5.73. The van der Waals surface area contributed by atoms with Crippen LogP contribution in [-0.4, -0.2) is 0 Å². The molecule has 3 rings (SSSR count). The number of fused-ring (bicyclic) bond motifs is 3. The maximum Gasteiger partial charge on any atom is -0.0149 e. The average Bonchev–Trinajstić information content (AvgIpc) is 2.47. The Morgan fingerprint density at radius 2 is 1.63 bits per heavy atom. The van der Waals surface area contributed by atoms with Gasteiger partial charge < -0.3 is 0 Å². The van der Waals surface area contributed by atoms with Crippen LogP contribution < -0.4 is 0 Å². The first-order valence-corrected chi connectivity index (χ1v) is 7.58. The molecule has 0 heteroatoms. The molecule has 0 unspecified atom stereocenters. The molecule has 0 saturated heterocycles. The van der Waals surface area contributed by atoms with Crippen LogP contribution >= 0.6 is 0 Å². The monoisotopic (exact) mass is 250 g/mol. The zero-order chi connectivity index (χ0) is 13.1. The Morgan fingerprint density at radius 3 is 2.53 bits per heavy atom. The van der Waals surface area contributed by atoms with E-state index in [0.29, 0.717) is 0 Å². The van der Waals surface area contributed by atoms with Gasteiger partial charge in [0.15, 0.2) is 0 Å². The van der Waals surface area contributed by atoms with E-state index in [-0.39, 0.29) is 0 Å². The fourth-order valence-corrected chi connectivity index (χ4v) is 3.12. The van der Waals surface area contributed by atoms with Crippen molar-refractivity contribution in [2.45, 2.75) is 45.4 Å². The van der Waals surface area contributed by atoms with Gasteiger partial charge in [-0.15, -0.1) is 0 Å². The zero-order valence-electron chi connectivity index (χ0n) is 11.8. The molecule has 0 amide bonds. The van der Waals surface area contributed by atoms with Gasteiger partial charge >= 0.3 is 0 Å². The van der Waals surface area contributed by atoms with Crippen LogP contribution in [-0.2, 0) is 19.3 Å². The summed E-state index contributed by atoms with van der Waals surface area (Å²) in [5.74, 6) is 0. The normalized spacial score (nSPS) is 12.9. The lowest BCUT2D eigenvalue weighted by atomic mass is 9.84. The highest BCUT2D eigenvalue weighted by Gasteiger charge is 2.15. The minimum atomic E-state index is 1.20. The lowest BCUT2D eigenvalue weighted by Gasteiger charge is -2.20. The zero-order valence-corrected chi connectivity index (χ0v) is 11.8. The molecule has 0 radical (unpaired) electrons. The third-order valence-electron chi connectivity index (χ3n) is 4.21. The second-order valence-electron chi connectivity index (χ2n) is 5.61. The second-order valence-corrected chi connectivity index (χ2v) is 5.61. The molecular weight excluding hydrogens is 228 g/mol. The topological polar surface area (TPSA) is 0 Å². The Bertz CT molecular complexity index is 566.